The third-order valence-corrected chi connectivity index (χ3v) is 4.40. The molecule has 3 aromatic rings. The fourth-order valence-corrected chi connectivity index (χ4v) is 3.10. The first-order valence-corrected chi connectivity index (χ1v) is 8.26. The second-order valence-corrected chi connectivity index (χ2v) is 6.05. The van der Waals surface area contributed by atoms with Crippen LogP contribution in [0, 0.1) is 0 Å². The molecule has 0 aliphatic carbocycles. The van der Waals surface area contributed by atoms with Crippen LogP contribution in [-0.2, 0) is 0 Å². The van der Waals surface area contributed by atoms with Gasteiger partial charge in [0.05, 0.1) is 16.6 Å². The van der Waals surface area contributed by atoms with Gasteiger partial charge in [-0.2, -0.15) is 0 Å². The third kappa shape index (κ3) is 2.96. The average Bonchev–Trinajstić information content (AvgIpc) is 2.60. The SMILES string of the molecule is C=CCSc1nc2ccc(C(N)=O)cc2c(=O)n1-c1ccccc1. The van der Waals surface area contributed by atoms with E-state index in [1.54, 1.807) is 22.8 Å². The summed E-state index contributed by atoms with van der Waals surface area (Å²) in [5.74, 6) is 0.0529. The Morgan fingerprint density at radius 3 is 2.67 bits per heavy atom. The molecule has 0 unspecified atom stereocenters. The van der Waals surface area contributed by atoms with Crippen molar-refractivity contribution in [3.63, 3.8) is 0 Å². The lowest BCUT2D eigenvalue weighted by Crippen LogP contribution is -2.22. The van der Waals surface area contributed by atoms with Crippen LogP contribution in [0.3, 0.4) is 0 Å². The smallest absolute Gasteiger partial charge is 0.266 e. The molecule has 1 aromatic heterocycles. The summed E-state index contributed by atoms with van der Waals surface area (Å²) in [6.07, 6.45) is 1.76. The van der Waals surface area contributed by atoms with Crippen molar-refractivity contribution in [3.8, 4) is 5.69 Å². The van der Waals surface area contributed by atoms with Crippen molar-refractivity contribution < 1.29 is 4.79 Å². The maximum absolute atomic E-state index is 13.0. The fraction of sp³-hybridized carbons (Fsp3) is 0.0556. The Labute approximate surface area is 142 Å². The number of fused-ring (bicyclic) bond motifs is 1. The van der Waals surface area contributed by atoms with Gasteiger partial charge < -0.3 is 5.73 Å². The molecule has 2 aromatic carbocycles. The zero-order valence-corrected chi connectivity index (χ0v) is 13.6. The van der Waals surface area contributed by atoms with E-state index in [4.69, 9.17) is 5.73 Å². The molecular weight excluding hydrogens is 322 g/mol. The van der Waals surface area contributed by atoms with Gasteiger partial charge in [-0.25, -0.2) is 4.98 Å². The van der Waals surface area contributed by atoms with Gasteiger partial charge in [0, 0.05) is 11.3 Å². The second kappa shape index (κ2) is 6.72. The molecule has 0 radical (unpaired) electrons. The molecule has 0 saturated carbocycles. The van der Waals surface area contributed by atoms with E-state index in [9.17, 15) is 9.59 Å². The quantitative estimate of drug-likeness (QED) is 0.441. The number of benzene rings is 2. The number of primary amides is 1. The van der Waals surface area contributed by atoms with E-state index in [0.29, 0.717) is 27.5 Å². The summed E-state index contributed by atoms with van der Waals surface area (Å²) in [7, 11) is 0. The number of para-hydroxylation sites is 1. The lowest BCUT2D eigenvalue weighted by molar-refractivity contribution is 0.100. The summed E-state index contributed by atoms with van der Waals surface area (Å²) in [6.45, 7) is 3.71. The number of hydrogen-bond acceptors (Lipinski definition) is 4. The van der Waals surface area contributed by atoms with Crippen molar-refractivity contribution in [2.45, 2.75) is 5.16 Å². The third-order valence-electron chi connectivity index (χ3n) is 3.47. The minimum atomic E-state index is -0.576. The maximum Gasteiger partial charge on any atom is 0.266 e. The van der Waals surface area contributed by atoms with Gasteiger partial charge >= 0.3 is 0 Å². The highest BCUT2D eigenvalue weighted by Crippen LogP contribution is 2.21. The highest BCUT2D eigenvalue weighted by Gasteiger charge is 2.14. The molecule has 6 heteroatoms. The Balaban J connectivity index is 2.32. The molecule has 1 amide bonds. The van der Waals surface area contributed by atoms with Crippen LogP contribution in [-0.4, -0.2) is 21.2 Å². The van der Waals surface area contributed by atoms with Gasteiger partial charge in [0.2, 0.25) is 5.91 Å². The van der Waals surface area contributed by atoms with Crippen molar-refractivity contribution in [2.24, 2.45) is 5.73 Å². The Bertz CT molecular complexity index is 981. The number of rotatable bonds is 5. The second-order valence-electron chi connectivity index (χ2n) is 5.07. The first-order valence-electron chi connectivity index (χ1n) is 7.27. The lowest BCUT2D eigenvalue weighted by atomic mass is 10.1. The van der Waals surface area contributed by atoms with E-state index >= 15 is 0 Å². The lowest BCUT2D eigenvalue weighted by Gasteiger charge is -2.13. The van der Waals surface area contributed by atoms with Gasteiger partial charge in [-0.1, -0.05) is 36.0 Å². The van der Waals surface area contributed by atoms with E-state index in [0.717, 1.165) is 0 Å². The molecule has 5 nitrogen and oxygen atoms in total. The standard InChI is InChI=1S/C18H15N3O2S/c1-2-10-24-18-20-15-9-8-12(16(19)22)11-14(15)17(23)21(18)13-6-4-3-5-7-13/h2-9,11H,1,10H2,(H2,19,22). The molecule has 0 atom stereocenters. The predicted molar refractivity (Wildman–Crippen MR) is 96.8 cm³/mol. The van der Waals surface area contributed by atoms with E-state index in [1.807, 2.05) is 30.3 Å². The van der Waals surface area contributed by atoms with E-state index in [2.05, 4.69) is 11.6 Å². The number of thioether (sulfide) groups is 1. The first-order chi connectivity index (χ1) is 11.6. The maximum atomic E-state index is 13.0. The van der Waals surface area contributed by atoms with Gasteiger partial charge in [-0.15, -0.1) is 6.58 Å². The minimum absolute atomic E-state index is 0.235. The minimum Gasteiger partial charge on any atom is -0.366 e. The Morgan fingerprint density at radius 1 is 1.25 bits per heavy atom. The molecule has 0 bridgehead atoms. The Hall–Kier alpha value is -2.86. The van der Waals surface area contributed by atoms with Crippen molar-refractivity contribution in [3.05, 3.63) is 77.1 Å². The zero-order valence-electron chi connectivity index (χ0n) is 12.8. The fourth-order valence-electron chi connectivity index (χ4n) is 2.35. The first kappa shape index (κ1) is 16.0. The molecule has 0 saturated heterocycles. The van der Waals surface area contributed by atoms with Gasteiger partial charge in [0.25, 0.3) is 5.56 Å². The van der Waals surface area contributed by atoms with Crippen LogP contribution < -0.4 is 11.3 Å². The van der Waals surface area contributed by atoms with Crippen LogP contribution in [0.25, 0.3) is 16.6 Å². The number of amides is 1. The van der Waals surface area contributed by atoms with Crippen molar-refractivity contribution in [1.29, 1.82) is 0 Å². The van der Waals surface area contributed by atoms with Gasteiger partial charge in [0.15, 0.2) is 5.16 Å². The molecular formula is C18H15N3O2S. The molecule has 0 spiro atoms. The van der Waals surface area contributed by atoms with Gasteiger partial charge in [-0.3, -0.25) is 14.2 Å². The van der Waals surface area contributed by atoms with Crippen molar-refractivity contribution in [2.75, 3.05) is 5.75 Å². The largest absolute Gasteiger partial charge is 0.366 e. The number of nitrogens with two attached hydrogens (primary N) is 1. The summed E-state index contributed by atoms with van der Waals surface area (Å²) in [4.78, 5) is 29.0. The number of aromatic nitrogens is 2. The van der Waals surface area contributed by atoms with Crippen LogP contribution in [0.2, 0.25) is 0 Å². The number of carbonyl (C=O) groups excluding carboxylic acids is 1. The molecule has 3 rings (SSSR count). The predicted octanol–water partition coefficient (Wildman–Crippen LogP) is 2.76. The molecule has 24 heavy (non-hydrogen) atoms. The monoisotopic (exact) mass is 337 g/mol. The summed E-state index contributed by atoms with van der Waals surface area (Å²) >= 11 is 1.42. The van der Waals surface area contributed by atoms with Crippen LogP contribution in [0.1, 0.15) is 10.4 Å². The van der Waals surface area contributed by atoms with Crippen LogP contribution in [0.4, 0.5) is 0 Å². The number of carbonyl (C=O) groups is 1. The van der Waals surface area contributed by atoms with Crippen LogP contribution >= 0.6 is 11.8 Å². The Kier molecular flexibility index (Phi) is 4.48. The summed E-state index contributed by atoms with van der Waals surface area (Å²) < 4.78 is 1.54. The van der Waals surface area contributed by atoms with Gasteiger partial charge in [0.1, 0.15) is 0 Å². The van der Waals surface area contributed by atoms with Crippen molar-refractivity contribution >= 4 is 28.6 Å². The van der Waals surface area contributed by atoms with Crippen LogP contribution in [0.5, 0.6) is 0 Å². The average molecular weight is 337 g/mol. The highest BCUT2D eigenvalue weighted by molar-refractivity contribution is 7.99. The molecule has 0 aliphatic rings. The summed E-state index contributed by atoms with van der Waals surface area (Å²) in [5, 5.41) is 0.934. The van der Waals surface area contributed by atoms with E-state index in [-0.39, 0.29) is 11.1 Å². The zero-order chi connectivity index (χ0) is 17.1. The van der Waals surface area contributed by atoms with E-state index in [1.165, 1.54) is 17.8 Å². The summed E-state index contributed by atoms with van der Waals surface area (Å²) in [5.41, 5.74) is 6.61. The molecule has 1 heterocycles. The molecule has 0 fully saturated rings. The molecule has 0 aliphatic heterocycles. The van der Waals surface area contributed by atoms with Gasteiger partial charge in [-0.05, 0) is 30.3 Å². The van der Waals surface area contributed by atoms with Crippen molar-refractivity contribution in [1.82, 2.24) is 9.55 Å². The summed E-state index contributed by atoms with van der Waals surface area (Å²) in [6, 6.07) is 14.0. The molecule has 2 N–H and O–H groups in total. The topological polar surface area (TPSA) is 78.0 Å². The highest BCUT2D eigenvalue weighted by atomic mass is 32.2. The number of hydrogen-bond donors (Lipinski definition) is 1. The normalized spacial score (nSPS) is 10.7. The molecule has 120 valence electrons. The Morgan fingerprint density at radius 2 is 2.00 bits per heavy atom. The van der Waals surface area contributed by atoms with Crippen LogP contribution in [0.15, 0.2) is 71.1 Å². The number of nitrogens with zero attached hydrogens (tertiary/aromatic N) is 2. The van der Waals surface area contributed by atoms with E-state index < -0.39 is 5.91 Å².